The Morgan fingerprint density at radius 3 is 2.83 bits per heavy atom. The van der Waals surface area contributed by atoms with Crippen molar-refractivity contribution in [2.45, 2.75) is 6.61 Å². The number of rotatable bonds is 6. The molecule has 0 unspecified atom stereocenters. The highest BCUT2D eigenvalue weighted by molar-refractivity contribution is 7.08. The van der Waals surface area contributed by atoms with Crippen LogP contribution in [0.2, 0.25) is 0 Å². The van der Waals surface area contributed by atoms with E-state index in [0.717, 1.165) is 5.56 Å². The first kappa shape index (κ1) is 16.0. The zero-order valence-electron chi connectivity index (χ0n) is 13.0. The van der Waals surface area contributed by atoms with Gasteiger partial charge in [0, 0.05) is 5.38 Å². The van der Waals surface area contributed by atoms with E-state index in [1.165, 1.54) is 14.2 Å². The van der Waals surface area contributed by atoms with Gasteiger partial charge in [0.1, 0.15) is 0 Å². The summed E-state index contributed by atoms with van der Waals surface area (Å²) in [5.41, 5.74) is 1.25. The molecule has 1 aromatic carbocycles. The Hall–Kier alpha value is -2.87. The van der Waals surface area contributed by atoms with Crippen molar-refractivity contribution in [1.29, 1.82) is 0 Å². The number of nitrogens with zero attached hydrogens (tertiary/aromatic N) is 2. The van der Waals surface area contributed by atoms with Gasteiger partial charge in [0.05, 0.1) is 25.3 Å². The minimum absolute atomic E-state index is 0.113. The summed E-state index contributed by atoms with van der Waals surface area (Å²) in [5.74, 6) is 1.29. The molecule has 124 valence electrons. The van der Waals surface area contributed by atoms with E-state index in [1.807, 2.05) is 16.8 Å². The molecule has 0 amide bonds. The Bertz CT molecular complexity index is 829. The fraction of sp³-hybridized carbons (Fsp3) is 0.188. The molecule has 8 heteroatoms. The average Bonchev–Trinajstić information content (AvgIpc) is 3.30. The molecule has 0 fully saturated rings. The van der Waals surface area contributed by atoms with E-state index >= 15 is 0 Å². The number of thiophene rings is 1. The number of carbonyl (C=O) groups excluding carboxylic acids is 1. The van der Waals surface area contributed by atoms with Crippen molar-refractivity contribution >= 4 is 17.3 Å². The summed E-state index contributed by atoms with van der Waals surface area (Å²) < 4.78 is 20.8. The van der Waals surface area contributed by atoms with Crippen molar-refractivity contribution in [2.75, 3.05) is 14.2 Å². The second-order valence-electron chi connectivity index (χ2n) is 4.67. The number of aromatic nitrogens is 2. The maximum Gasteiger partial charge on any atom is 0.337 e. The molecular formula is C16H14N2O5S. The highest BCUT2D eigenvalue weighted by Crippen LogP contribution is 2.29. The minimum atomic E-state index is -0.446. The predicted octanol–water partition coefficient (Wildman–Crippen LogP) is 3.17. The van der Waals surface area contributed by atoms with E-state index < -0.39 is 5.97 Å². The van der Waals surface area contributed by atoms with E-state index in [1.54, 1.807) is 29.5 Å². The van der Waals surface area contributed by atoms with Gasteiger partial charge in [0.2, 0.25) is 5.82 Å². The first-order valence-electron chi connectivity index (χ1n) is 6.95. The summed E-state index contributed by atoms with van der Waals surface area (Å²) in [6.45, 7) is 0.113. The molecule has 2 heterocycles. The van der Waals surface area contributed by atoms with E-state index in [-0.39, 0.29) is 6.61 Å². The third-order valence-electron chi connectivity index (χ3n) is 3.18. The molecule has 7 nitrogen and oxygen atoms in total. The number of esters is 1. The molecule has 0 radical (unpaired) electrons. The van der Waals surface area contributed by atoms with Crippen molar-refractivity contribution in [3.63, 3.8) is 0 Å². The average molecular weight is 346 g/mol. The number of hydrogen-bond donors (Lipinski definition) is 0. The largest absolute Gasteiger partial charge is 0.493 e. The van der Waals surface area contributed by atoms with Gasteiger partial charge in [0.15, 0.2) is 18.1 Å². The van der Waals surface area contributed by atoms with Gasteiger partial charge in [-0.15, -0.1) is 0 Å². The van der Waals surface area contributed by atoms with Gasteiger partial charge < -0.3 is 18.7 Å². The third kappa shape index (κ3) is 3.38. The number of carbonyl (C=O) groups is 1. The minimum Gasteiger partial charge on any atom is -0.493 e. The molecule has 0 saturated heterocycles. The van der Waals surface area contributed by atoms with Crippen LogP contribution >= 0.6 is 11.3 Å². The van der Waals surface area contributed by atoms with Crippen LogP contribution in [0.5, 0.6) is 11.5 Å². The lowest BCUT2D eigenvalue weighted by Crippen LogP contribution is -2.03. The van der Waals surface area contributed by atoms with Crippen LogP contribution in [0.15, 0.2) is 39.5 Å². The summed E-state index contributed by atoms with van der Waals surface area (Å²) in [5, 5.41) is 7.74. The molecule has 0 saturated carbocycles. The van der Waals surface area contributed by atoms with Crippen molar-refractivity contribution in [3.05, 3.63) is 46.4 Å². The molecule has 0 aliphatic rings. The van der Waals surface area contributed by atoms with Gasteiger partial charge in [-0.2, -0.15) is 16.3 Å². The zero-order chi connectivity index (χ0) is 16.9. The lowest BCUT2D eigenvalue weighted by molar-refractivity contribution is 0.0600. The van der Waals surface area contributed by atoms with Gasteiger partial charge in [0.25, 0.3) is 5.89 Å². The quantitative estimate of drug-likeness (QED) is 0.634. The summed E-state index contributed by atoms with van der Waals surface area (Å²) in [4.78, 5) is 15.8. The Kier molecular flexibility index (Phi) is 4.76. The van der Waals surface area contributed by atoms with Crippen LogP contribution < -0.4 is 9.47 Å². The zero-order valence-corrected chi connectivity index (χ0v) is 13.8. The van der Waals surface area contributed by atoms with Gasteiger partial charge >= 0.3 is 5.97 Å². The van der Waals surface area contributed by atoms with Gasteiger partial charge in [-0.05, 0) is 29.6 Å². The van der Waals surface area contributed by atoms with Crippen molar-refractivity contribution < 1.29 is 23.5 Å². The Morgan fingerprint density at radius 1 is 1.25 bits per heavy atom. The van der Waals surface area contributed by atoms with Crippen LogP contribution in [0, 0.1) is 0 Å². The molecular weight excluding hydrogens is 332 g/mol. The van der Waals surface area contributed by atoms with Crippen molar-refractivity contribution in [2.24, 2.45) is 0 Å². The Morgan fingerprint density at radius 2 is 2.12 bits per heavy atom. The second-order valence-corrected chi connectivity index (χ2v) is 5.45. The number of methoxy groups -OCH3 is 2. The molecule has 0 N–H and O–H groups in total. The molecule has 24 heavy (non-hydrogen) atoms. The van der Waals surface area contributed by atoms with Crippen LogP contribution in [0.3, 0.4) is 0 Å². The van der Waals surface area contributed by atoms with Crippen LogP contribution in [0.25, 0.3) is 11.5 Å². The maximum atomic E-state index is 11.5. The summed E-state index contributed by atoms with van der Waals surface area (Å²) in [6, 6.07) is 6.67. The van der Waals surface area contributed by atoms with E-state index in [2.05, 4.69) is 14.9 Å². The lowest BCUT2D eigenvalue weighted by Gasteiger charge is -2.10. The molecule has 0 aliphatic carbocycles. The fourth-order valence-corrected chi connectivity index (χ4v) is 2.62. The van der Waals surface area contributed by atoms with Crippen molar-refractivity contribution in [3.8, 4) is 23.0 Å². The standard InChI is InChI=1S/C16H14N2O5S/c1-20-13-7-10(16(19)21-2)3-4-12(13)22-8-14-17-15(23-18-14)11-5-6-24-9-11/h3-7,9H,8H2,1-2H3. The lowest BCUT2D eigenvalue weighted by atomic mass is 10.2. The van der Waals surface area contributed by atoms with Crippen LogP contribution in [-0.2, 0) is 11.3 Å². The molecule has 0 spiro atoms. The first-order valence-corrected chi connectivity index (χ1v) is 7.90. The summed E-state index contributed by atoms with van der Waals surface area (Å²) >= 11 is 1.55. The number of hydrogen-bond acceptors (Lipinski definition) is 8. The van der Waals surface area contributed by atoms with Crippen molar-refractivity contribution in [1.82, 2.24) is 10.1 Å². The molecule has 2 aromatic heterocycles. The van der Waals surface area contributed by atoms with E-state index in [4.69, 9.17) is 14.0 Å². The number of benzene rings is 1. The Balaban J connectivity index is 1.71. The van der Waals surface area contributed by atoms with E-state index in [0.29, 0.717) is 28.8 Å². The summed E-state index contributed by atoms with van der Waals surface area (Å²) in [7, 11) is 2.81. The predicted molar refractivity (Wildman–Crippen MR) is 86.3 cm³/mol. The molecule has 0 bridgehead atoms. The normalized spacial score (nSPS) is 10.4. The first-order chi connectivity index (χ1) is 11.7. The highest BCUT2D eigenvalue weighted by Gasteiger charge is 2.13. The van der Waals surface area contributed by atoms with Gasteiger partial charge in [-0.1, -0.05) is 5.16 Å². The molecule has 0 aliphatic heterocycles. The molecule has 3 aromatic rings. The van der Waals surface area contributed by atoms with E-state index in [9.17, 15) is 4.79 Å². The van der Waals surface area contributed by atoms with Crippen LogP contribution in [-0.4, -0.2) is 30.3 Å². The SMILES string of the molecule is COC(=O)c1ccc(OCc2noc(-c3ccsc3)n2)c(OC)c1. The van der Waals surface area contributed by atoms with Crippen LogP contribution in [0.4, 0.5) is 0 Å². The van der Waals surface area contributed by atoms with Gasteiger partial charge in [-0.3, -0.25) is 0 Å². The van der Waals surface area contributed by atoms with Gasteiger partial charge in [-0.25, -0.2) is 4.79 Å². The smallest absolute Gasteiger partial charge is 0.337 e. The summed E-state index contributed by atoms with van der Waals surface area (Å²) in [6.07, 6.45) is 0. The number of ether oxygens (including phenoxy) is 3. The molecule has 0 atom stereocenters. The highest BCUT2D eigenvalue weighted by atomic mass is 32.1. The third-order valence-corrected chi connectivity index (χ3v) is 3.86. The second kappa shape index (κ2) is 7.14. The topological polar surface area (TPSA) is 83.7 Å². The Labute approximate surface area is 141 Å². The fourth-order valence-electron chi connectivity index (χ4n) is 1.99. The monoisotopic (exact) mass is 346 g/mol. The maximum absolute atomic E-state index is 11.5. The molecule has 3 rings (SSSR count). The van der Waals surface area contributed by atoms with Crippen LogP contribution in [0.1, 0.15) is 16.2 Å².